The van der Waals surface area contributed by atoms with E-state index >= 15 is 0 Å². The molecule has 0 saturated heterocycles. The molecule has 4 nitrogen and oxygen atoms in total. The van der Waals surface area contributed by atoms with Crippen LogP contribution in [0.3, 0.4) is 0 Å². The highest BCUT2D eigenvalue weighted by Crippen LogP contribution is 2.17. The van der Waals surface area contributed by atoms with E-state index in [1.54, 1.807) is 18.5 Å². The molecule has 1 aromatic heterocycles. The van der Waals surface area contributed by atoms with Crippen molar-refractivity contribution >= 4 is 23.2 Å². The summed E-state index contributed by atoms with van der Waals surface area (Å²) < 4.78 is 0. The number of nitrogens with one attached hydrogen (secondary N) is 2. The van der Waals surface area contributed by atoms with E-state index in [4.69, 9.17) is 11.6 Å². The molecule has 0 aliphatic rings. The number of benzene rings is 1. The van der Waals surface area contributed by atoms with Gasteiger partial charge in [-0.2, -0.15) is 0 Å². The average Bonchev–Trinajstić information content (AvgIpc) is 2.54. The van der Waals surface area contributed by atoms with Gasteiger partial charge in [-0.15, -0.1) is 0 Å². The second-order valence-electron chi connectivity index (χ2n) is 5.19. The van der Waals surface area contributed by atoms with Gasteiger partial charge in [0, 0.05) is 30.0 Å². The number of carbonyl (C=O) groups excluding carboxylic acids is 1. The first-order valence-electron chi connectivity index (χ1n) is 7.33. The molecule has 0 aliphatic heterocycles. The van der Waals surface area contributed by atoms with E-state index in [2.05, 4.69) is 15.6 Å². The minimum atomic E-state index is -0.108. The van der Waals surface area contributed by atoms with Gasteiger partial charge in [0.05, 0.1) is 11.3 Å². The number of hydrogen-bond acceptors (Lipinski definition) is 3. The molecular weight excluding hydrogens is 298 g/mol. The molecule has 2 rings (SSSR count). The highest BCUT2D eigenvalue weighted by atomic mass is 35.5. The van der Waals surface area contributed by atoms with Gasteiger partial charge >= 0.3 is 0 Å². The predicted octanol–water partition coefficient (Wildman–Crippen LogP) is 3.88. The lowest BCUT2D eigenvalue weighted by atomic mass is 10.2. The molecule has 2 N–H and O–H groups in total. The van der Waals surface area contributed by atoms with Crippen LogP contribution in [0.15, 0.2) is 42.7 Å². The summed E-state index contributed by atoms with van der Waals surface area (Å²) in [6, 6.07) is 9.59. The largest absolute Gasteiger partial charge is 0.380 e. The van der Waals surface area contributed by atoms with Crippen molar-refractivity contribution in [2.24, 2.45) is 0 Å². The van der Waals surface area contributed by atoms with Crippen LogP contribution in [-0.4, -0.2) is 16.9 Å². The van der Waals surface area contributed by atoms with E-state index < -0.39 is 0 Å². The molecule has 1 unspecified atom stereocenters. The highest BCUT2D eigenvalue weighted by Gasteiger charge is 2.09. The van der Waals surface area contributed by atoms with Crippen molar-refractivity contribution in [1.82, 2.24) is 10.3 Å². The van der Waals surface area contributed by atoms with E-state index in [9.17, 15) is 4.79 Å². The predicted molar refractivity (Wildman–Crippen MR) is 90.2 cm³/mol. The molecule has 0 saturated carbocycles. The number of carbonyl (C=O) groups is 1. The number of hydrogen-bond donors (Lipinski definition) is 2. The number of amides is 1. The standard InChI is InChI=1S/C17H20ClN3O/c1-3-12(2)21-17(22)14-8-15(11-19-9-14)20-10-13-6-4-5-7-16(13)18/h4-9,11-12,20H,3,10H2,1-2H3,(H,21,22). The Labute approximate surface area is 135 Å². The number of aromatic nitrogens is 1. The summed E-state index contributed by atoms with van der Waals surface area (Å²) in [7, 11) is 0. The molecule has 0 aliphatic carbocycles. The van der Waals surface area contributed by atoms with Gasteiger partial charge in [0.1, 0.15) is 0 Å². The fraction of sp³-hybridized carbons (Fsp3) is 0.294. The number of nitrogens with zero attached hydrogens (tertiary/aromatic N) is 1. The summed E-state index contributed by atoms with van der Waals surface area (Å²) in [4.78, 5) is 16.2. The summed E-state index contributed by atoms with van der Waals surface area (Å²) in [5.41, 5.74) is 2.33. The van der Waals surface area contributed by atoms with Gasteiger partial charge in [0.2, 0.25) is 0 Å². The maximum Gasteiger partial charge on any atom is 0.253 e. The Morgan fingerprint density at radius 3 is 2.82 bits per heavy atom. The molecule has 5 heteroatoms. The van der Waals surface area contributed by atoms with E-state index in [1.807, 2.05) is 38.1 Å². The van der Waals surface area contributed by atoms with Crippen LogP contribution in [0, 0.1) is 0 Å². The van der Waals surface area contributed by atoms with E-state index in [-0.39, 0.29) is 11.9 Å². The summed E-state index contributed by atoms with van der Waals surface area (Å²) in [5.74, 6) is -0.108. The van der Waals surface area contributed by atoms with E-state index in [0.29, 0.717) is 17.1 Å². The maximum atomic E-state index is 12.1. The second kappa shape index (κ2) is 7.80. The topological polar surface area (TPSA) is 54.0 Å². The van der Waals surface area contributed by atoms with Gasteiger partial charge in [-0.25, -0.2) is 0 Å². The first-order valence-corrected chi connectivity index (χ1v) is 7.71. The van der Waals surface area contributed by atoms with Gasteiger partial charge in [-0.05, 0) is 31.0 Å². The van der Waals surface area contributed by atoms with Crippen LogP contribution in [-0.2, 0) is 6.54 Å². The fourth-order valence-electron chi connectivity index (χ4n) is 1.91. The molecular formula is C17H20ClN3O. The quantitative estimate of drug-likeness (QED) is 0.850. The van der Waals surface area contributed by atoms with Crippen molar-refractivity contribution in [3.05, 3.63) is 58.9 Å². The molecule has 0 radical (unpaired) electrons. The van der Waals surface area contributed by atoms with Crippen LogP contribution < -0.4 is 10.6 Å². The van der Waals surface area contributed by atoms with Crippen LogP contribution in [0.4, 0.5) is 5.69 Å². The van der Waals surface area contributed by atoms with E-state index in [0.717, 1.165) is 17.7 Å². The smallest absolute Gasteiger partial charge is 0.253 e. The van der Waals surface area contributed by atoms with Crippen LogP contribution in [0.2, 0.25) is 5.02 Å². The van der Waals surface area contributed by atoms with Crippen molar-refractivity contribution < 1.29 is 4.79 Å². The number of halogens is 1. The molecule has 1 heterocycles. The first-order chi connectivity index (χ1) is 10.6. The zero-order valence-electron chi connectivity index (χ0n) is 12.8. The van der Waals surface area contributed by atoms with Gasteiger partial charge in [0.15, 0.2) is 0 Å². The minimum absolute atomic E-state index is 0.108. The molecule has 22 heavy (non-hydrogen) atoms. The Balaban J connectivity index is 2.02. The average molecular weight is 318 g/mol. The summed E-state index contributed by atoms with van der Waals surface area (Å²) in [5, 5.41) is 6.88. The van der Waals surface area contributed by atoms with Crippen molar-refractivity contribution in [2.45, 2.75) is 32.9 Å². The Morgan fingerprint density at radius 1 is 1.32 bits per heavy atom. The Hall–Kier alpha value is -2.07. The monoisotopic (exact) mass is 317 g/mol. The summed E-state index contributed by atoms with van der Waals surface area (Å²) in [6.45, 7) is 4.59. The van der Waals surface area contributed by atoms with Crippen LogP contribution >= 0.6 is 11.6 Å². The van der Waals surface area contributed by atoms with E-state index in [1.165, 1.54) is 0 Å². The summed E-state index contributed by atoms with van der Waals surface area (Å²) >= 11 is 6.13. The molecule has 1 atom stereocenters. The number of pyridine rings is 1. The van der Waals surface area contributed by atoms with Crippen molar-refractivity contribution in [3.63, 3.8) is 0 Å². The van der Waals surface area contributed by atoms with Crippen LogP contribution in [0.25, 0.3) is 0 Å². The molecule has 0 fully saturated rings. The molecule has 2 aromatic rings. The van der Waals surface area contributed by atoms with Gasteiger partial charge < -0.3 is 10.6 Å². The second-order valence-corrected chi connectivity index (χ2v) is 5.60. The summed E-state index contributed by atoms with van der Waals surface area (Å²) in [6.07, 6.45) is 4.15. The number of anilines is 1. The fourth-order valence-corrected chi connectivity index (χ4v) is 2.11. The SMILES string of the molecule is CCC(C)NC(=O)c1cncc(NCc2ccccc2Cl)c1. The lowest BCUT2D eigenvalue weighted by Gasteiger charge is -2.12. The third kappa shape index (κ3) is 4.46. The Bertz CT molecular complexity index is 645. The van der Waals surface area contributed by atoms with Crippen molar-refractivity contribution in [2.75, 3.05) is 5.32 Å². The Kier molecular flexibility index (Phi) is 5.78. The number of rotatable bonds is 6. The third-order valence-electron chi connectivity index (χ3n) is 3.43. The van der Waals surface area contributed by atoms with Gasteiger partial charge in [-0.1, -0.05) is 36.7 Å². The molecule has 0 bridgehead atoms. The first kappa shape index (κ1) is 16.3. The highest BCUT2D eigenvalue weighted by molar-refractivity contribution is 6.31. The van der Waals surface area contributed by atoms with Crippen molar-refractivity contribution in [1.29, 1.82) is 0 Å². The maximum absolute atomic E-state index is 12.1. The zero-order chi connectivity index (χ0) is 15.9. The van der Waals surface area contributed by atoms with Gasteiger partial charge in [-0.3, -0.25) is 9.78 Å². The Morgan fingerprint density at radius 2 is 2.09 bits per heavy atom. The molecule has 1 aromatic carbocycles. The van der Waals surface area contributed by atoms with Crippen molar-refractivity contribution in [3.8, 4) is 0 Å². The zero-order valence-corrected chi connectivity index (χ0v) is 13.5. The molecule has 116 valence electrons. The lowest BCUT2D eigenvalue weighted by Crippen LogP contribution is -2.32. The van der Waals surface area contributed by atoms with Crippen LogP contribution in [0.5, 0.6) is 0 Å². The normalized spacial score (nSPS) is 11.8. The minimum Gasteiger partial charge on any atom is -0.380 e. The lowest BCUT2D eigenvalue weighted by molar-refractivity contribution is 0.0939. The van der Waals surface area contributed by atoms with Gasteiger partial charge in [0.25, 0.3) is 5.91 Å². The molecule has 1 amide bonds. The van der Waals surface area contributed by atoms with Crippen LogP contribution in [0.1, 0.15) is 36.2 Å². The third-order valence-corrected chi connectivity index (χ3v) is 3.80. The molecule has 0 spiro atoms.